The molecular weight excluding hydrogens is 430 g/mol. The SMILES string of the molecule is O=C(NCc1ccn2ccnc2c1)Nc1ccc(C2CCN(C(=O)CC3CCOCC3)C2)cc1. The van der Waals surface area contributed by atoms with Crippen LogP contribution in [0, 0.1) is 5.92 Å². The van der Waals surface area contributed by atoms with Crippen molar-refractivity contribution in [2.24, 2.45) is 5.92 Å². The van der Waals surface area contributed by atoms with Crippen molar-refractivity contribution in [3.63, 3.8) is 0 Å². The molecule has 8 nitrogen and oxygen atoms in total. The van der Waals surface area contributed by atoms with Crippen molar-refractivity contribution in [2.45, 2.75) is 38.1 Å². The first-order valence-electron chi connectivity index (χ1n) is 12.1. The van der Waals surface area contributed by atoms with Crippen LogP contribution in [0.2, 0.25) is 0 Å². The lowest BCUT2D eigenvalue weighted by Gasteiger charge is -2.24. The molecule has 4 heterocycles. The lowest BCUT2D eigenvalue weighted by molar-refractivity contribution is -0.131. The highest BCUT2D eigenvalue weighted by Gasteiger charge is 2.29. The number of nitrogens with one attached hydrogen (secondary N) is 2. The minimum atomic E-state index is -0.248. The van der Waals surface area contributed by atoms with E-state index in [4.69, 9.17) is 4.74 Å². The fourth-order valence-corrected chi connectivity index (χ4v) is 4.84. The molecule has 1 unspecified atom stereocenters. The number of imidazole rings is 1. The molecule has 2 saturated heterocycles. The molecule has 2 N–H and O–H groups in total. The van der Waals surface area contributed by atoms with Crippen molar-refractivity contribution in [2.75, 3.05) is 31.6 Å². The number of nitrogens with zero attached hydrogens (tertiary/aromatic N) is 3. The summed E-state index contributed by atoms with van der Waals surface area (Å²) in [4.78, 5) is 31.3. The minimum absolute atomic E-state index is 0.248. The molecule has 178 valence electrons. The Kier molecular flexibility index (Phi) is 6.76. The average molecular weight is 462 g/mol. The van der Waals surface area contributed by atoms with Crippen LogP contribution in [0.1, 0.15) is 42.7 Å². The van der Waals surface area contributed by atoms with Gasteiger partial charge in [-0.25, -0.2) is 9.78 Å². The summed E-state index contributed by atoms with van der Waals surface area (Å²) in [5.74, 6) is 1.08. The van der Waals surface area contributed by atoms with Gasteiger partial charge in [0.25, 0.3) is 0 Å². The molecule has 3 amide bonds. The summed E-state index contributed by atoms with van der Waals surface area (Å²) in [5.41, 5.74) is 3.79. The quantitative estimate of drug-likeness (QED) is 0.585. The highest BCUT2D eigenvalue weighted by Crippen LogP contribution is 2.29. The van der Waals surface area contributed by atoms with Gasteiger partial charge in [-0.2, -0.15) is 0 Å². The molecule has 1 atom stereocenters. The molecule has 5 rings (SSSR count). The second-order valence-corrected chi connectivity index (χ2v) is 9.24. The molecule has 0 radical (unpaired) electrons. The zero-order valence-corrected chi connectivity index (χ0v) is 19.3. The van der Waals surface area contributed by atoms with E-state index < -0.39 is 0 Å². The number of anilines is 1. The number of likely N-dealkylation sites (tertiary alicyclic amines) is 1. The topological polar surface area (TPSA) is 88.0 Å². The molecular formula is C26H31N5O3. The Hall–Kier alpha value is -3.39. The molecule has 1 aromatic carbocycles. The molecule has 2 fully saturated rings. The number of rotatable bonds is 6. The standard InChI is InChI=1S/C26H31N5O3/c32-25(16-19-7-13-34-14-8-19)31-11-6-22(18-31)21-1-3-23(4-2-21)29-26(33)28-17-20-5-10-30-12-9-27-24(30)15-20/h1-5,9-10,12,15,19,22H,6-8,11,13-14,16-18H2,(H2,28,29,33). The van der Waals surface area contributed by atoms with Crippen molar-refractivity contribution in [1.82, 2.24) is 19.6 Å². The maximum Gasteiger partial charge on any atom is 0.319 e. The number of fused-ring (bicyclic) bond motifs is 1. The van der Waals surface area contributed by atoms with E-state index >= 15 is 0 Å². The minimum Gasteiger partial charge on any atom is -0.381 e. The summed E-state index contributed by atoms with van der Waals surface area (Å²) in [7, 11) is 0. The first kappa shape index (κ1) is 22.4. The maximum absolute atomic E-state index is 12.7. The van der Waals surface area contributed by atoms with Crippen molar-refractivity contribution < 1.29 is 14.3 Å². The fraction of sp³-hybridized carbons (Fsp3) is 0.423. The molecule has 2 aromatic heterocycles. The number of carbonyl (C=O) groups is 2. The number of carbonyl (C=O) groups excluding carboxylic acids is 2. The molecule has 2 aliphatic heterocycles. The Morgan fingerprint density at radius 1 is 1.06 bits per heavy atom. The second-order valence-electron chi connectivity index (χ2n) is 9.24. The van der Waals surface area contributed by atoms with Gasteiger partial charge < -0.3 is 24.7 Å². The van der Waals surface area contributed by atoms with Crippen LogP contribution in [0.4, 0.5) is 10.5 Å². The third kappa shape index (κ3) is 5.39. The van der Waals surface area contributed by atoms with Gasteiger partial charge in [-0.3, -0.25) is 4.79 Å². The highest BCUT2D eigenvalue weighted by atomic mass is 16.5. The average Bonchev–Trinajstić information content (AvgIpc) is 3.54. The van der Waals surface area contributed by atoms with Crippen LogP contribution < -0.4 is 10.6 Å². The van der Waals surface area contributed by atoms with E-state index in [1.807, 2.05) is 46.0 Å². The van der Waals surface area contributed by atoms with E-state index in [-0.39, 0.29) is 11.9 Å². The van der Waals surface area contributed by atoms with E-state index in [9.17, 15) is 9.59 Å². The van der Waals surface area contributed by atoms with Gasteiger partial charge >= 0.3 is 6.03 Å². The maximum atomic E-state index is 12.7. The number of urea groups is 1. The van der Waals surface area contributed by atoms with Gasteiger partial charge in [-0.05, 0) is 60.6 Å². The highest BCUT2D eigenvalue weighted by molar-refractivity contribution is 5.89. The number of pyridine rings is 1. The van der Waals surface area contributed by atoms with Crippen LogP contribution in [0.15, 0.2) is 55.0 Å². The summed E-state index contributed by atoms with van der Waals surface area (Å²) in [6.07, 6.45) is 9.17. The molecule has 0 aliphatic carbocycles. The lowest BCUT2D eigenvalue weighted by Crippen LogP contribution is -2.31. The monoisotopic (exact) mass is 461 g/mol. The van der Waals surface area contributed by atoms with Crippen LogP contribution in [0.3, 0.4) is 0 Å². The zero-order chi connectivity index (χ0) is 23.3. The number of benzene rings is 1. The Labute approximate surface area is 199 Å². The molecule has 34 heavy (non-hydrogen) atoms. The van der Waals surface area contributed by atoms with Crippen molar-refractivity contribution >= 4 is 23.3 Å². The van der Waals surface area contributed by atoms with Crippen LogP contribution in [-0.2, 0) is 16.1 Å². The Morgan fingerprint density at radius 3 is 2.71 bits per heavy atom. The third-order valence-corrected chi connectivity index (χ3v) is 6.90. The van der Waals surface area contributed by atoms with Crippen LogP contribution in [0.25, 0.3) is 5.65 Å². The number of ether oxygens (including phenoxy) is 1. The van der Waals surface area contributed by atoms with Gasteiger partial charge in [0.15, 0.2) is 0 Å². The van der Waals surface area contributed by atoms with Gasteiger partial charge in [-0.15, -0.1) is 0 Å². The van der Waals surface area contributed by atoms with Crippen LogP contribution >= 0.6 is 0 Å². The summed E-state index contributed by atoms with van der Waals surface area (Å²) in [5, 5.41) is 5.78. The molecule has 0 saturated carbocycles. The van der Waals surface area contributed by atoms with Gasteiger partial charge in [-0.1, -0.05) is 12.1 Å². The van der Waals surface area contributed by atoms with Gasteiger partial charge in [0.1, 0.15) is 5.65 Å². The largest absolute Gasteiger partial charge is 0.381 e. The van der Waals surface area contributed by atoms with Crippen LogP contribution in [0.5, 0.6) is 0 Å². The van der Waals surface area contributed by atoms with Crippen molar-refractivity contribution in [3.05, 3.63) is 66.1 Å². The fourth-order valence-electron chi connectivity index (χ4n) is 4.84. The van der Waals surface area contributed by atoms with Gasteiger partial charge in [0.2, 0.25) is 5.91 Å². The Bertz CT molecular complexity index is 1140. The van der Waals surface area contributed by atoms with Crippen molar-refractivity contribution in [1.29, 1.82) is 0 Å². The van der Waals surface area contributed by atoms with E-state index in [0.717, 1.165) is 62.5 Å². The van der Waals surface area contributed by atoms with E-state index in [2.05, 4.69) is 27.8 Å². The second kappa shape index (κ2) is 10.3. The van der Waals surface area contributed by atoms with Crippen LogP contribution in [-0.4, -0.2) is 52.5 Å². The van der Waals surface area contributed by atoms with Crippen molar-refractivity contribution in [3.8, 4) is 0 Å². The van der Waals surface area contributed by atoms with E-state index in [0.29, 0.717) is 24.8 Å². The number of amides is 3. The third-order valence-electron chi connectivity index (χ3n) is 6.90. The van der Waals surface area contributed by atoms with E-state index in [1.54, 1.807) is 6.20 Å². The first-order valence-corrected chi connectivity index (χ1v) is 12.1. The molecule has 2 aliphatic rings. The van der Waals surface area contributed by atoms with Gasteiger partial charge in [0, 0.05) is 69.5 Å². The predicted octanol–water partition coefficient (Wildman–Crippen LogP) is 3.79. The smallest absolute Gasteiger partial charge is 0.319 e. The zero-order valence-electron chi connectivity index (χ0n) is 19.3. The Morgan fingerprint density at radius 2 is 1.88 bits per heavy atom. The molecule has 8 heteroatoms. The number of aromatic nitrogens is 2. The van der Waals surface area contributed by atoms with E-state index in [1.165, 1.54) is 5.56 Å². The summed E-state index contributed by atoms with van der Waals surface area (Å²) >= 11 is 0. The molecule has 3 aromatic rings. The molecule has 0 bridgehead atoms. The number of hydrogen-bond acceptors (Lipinski definition) is 4. The van der Waals surface area contributed by atoms with Gasteiger partial charge in [0.05, 0.1) is 0 Å². The molecule has 0 spiro atoms. The normalized spacial score (nSPS) is 18.8. The predicted molar refractivity (Wildman–Crippen MR) is 130 cm³/mol. The summed E-state index contributed by atoms with van der Waals surface area (Å²) < 4.78 is 7.33. The summed E-state index contributed by atoms with van der Waals surface area (Å²) in [6.45, 7) is 3.57. The first-order chi connectivity index (χ1) is 16.6. The lowest BCUT2D eigenvalue weighted by atomic mass is 9.96. The Balaban J connectivity index is 1.09. The summed E-state index contributed by atoms with van der Waals surface area (Å²) in [6, 6.07) is 11.6. The number of hydrogen-bond donors (Lipinski definition) is 2.